The molecule has 1 N–H and O–H groups in total. The normalized spacial score (nSPS) is 14.1. The van der Waals surface area contributed by atoms with Crippen LogP contribution in [-0.2, 0) is 10.0 Å². The molecule has 6 nitrogen and oxygen atoms in total. The van der Waals surface area contributed by atoms with Gasteiger partial charge in [-0.3, -0.25) is 4.79 Å². The van der Waals surface area contributed by atoms with Gasteiger partial charge in [-0.05, 0) is 68.1 Å². The molecule has 0 atom stereocenters. The molecular weight excluding hydrogens is 364 g/mol. The minimum atomic E-state index is -3.75. The van der Waals surface area contributed by atoms with Crippen LogP contribution in [0.5, 0.6) is 5.75 Å². The summed E-state index contributed by atoms with van der Waals surface area (Å²) < 4.78 is 33.1. The number of ether oxygens (including phenoxy) is 1. The fourth-order valence-electron chi connectivity index (χ4n) is 2.96. The summed E-state index contributed by atoms with van der Waals surface area (Å²) in [6, 6.07) is 10.3. The summed E-state index contributed by atoms with van der Waals surface area (Å²) in [7, 11) is -0.656. The summed E-state index contributed by atoms with van der Waals surface area (Å²) in [5.74, 6) is -0.0701. The Morgan fingerprint density at radius 3 is 2.30 bits per heavy atom. The highest BCUT2D eigenvalue weighted by molar-refractivity contribution is 7.89. The van der Waals surface area contributed by atoms with E-state index in [1.165, 1.54) is 24.1 Å². The number of nitrogens with one attached hydrogen (secondary N) is 1. The Balaban J connectivity index is 1.96. The molecule has 1 amide bonds. The van der Waals surface area contributed by atoms with Crippen molar-refractivity contribution in [3.05, 3.63) is 53.1 Å². The average Bonchev–Trinajstić information content (AvgIpc) is 3.42. The van der Waals surface area contributed by atoms with Crippen molar-refractivity contribution < 1.29 is 17.9 Å². The third-order valence-electron chi connectivity index (χ3n) is 4.50. The first-order valence-electron chi connectivity index (χ1n) is 8.78. The molecule has 1 fully saturated rings. The van der Waals surface area contributed by atoms with E-state index in [2.05, 4.69) is 4.72 Å². The number of aryl methyl sites for hydroxylation is 2. The first-order chi connectivity index (χ1) is 12.7. The lowest BCUT2D eigenvalue weighted by Crippen LogP contribution is -2.28. The lowest BCUT2D eigenvalue weighted by atomic mass is 10.1. The second-order valence-electron chi connectivity index (χ2n) is 6.97. The summed E-state index contributed by atoms with van der Waals surface area (Å²) >= 11 is 0. The second kappa shape index (κ2) is 7.32. The van der Waals surface area contributed by atoms with Crippen LogP contribution in [0.25, 0.3) is 0 Å². The van der Waals surface area contributed by atoms with Crippen LogP contribution in [0.2, 0.25) is 0 Å². The van der Waals surface area contributed by atoms with E-state index in [0.29, 0.717) is 0 Å². The number of methoxy groups -OCH3 is 1. The zero-order chi connectivity index (χ0) is 19.8. The highest BCUT2D eigenvalue weighted by Crippen LogP contribution is 2.29. The quantitative estimate of drug-likeness (QED) is 0.825. The molecule has 144 valence electrons. The first-order valence-corrected chi connectivity index (χ1v) is 10.3. The third kappa shape index (κ3) is 4.31. The molecule has 0 aromatic heterocycles. The number of amides is 1. The molecule has 1 aliphatic carbocycles. The highest BCUT2D eigenvalue weighted by Gasteiger charge is 2.30. The molecule has 7 heteroatoms. The second-order valence-corrected chi connectivity index (χ2v) is 8.65. The number of rotatable bonds is 6. The van der Waals surface area contributed by atoms with E-state index in [4.69, 9.17) is 4.74 Å². The minimum absolute atomic E-state index is 0.0171. The number of sulfonamides is 1. The molecule has 27 heavy (non-hydrogen) atoms. The molecule has 2 aromatic carbocycles. The summed E-state index contributed by atoms with van der Waals surface area (Å²) in [5.41, 5.74) is 3.15. The Labute approximate surface area is 160 Å². The Morgan fingerprint density at radius 2 is 1.74 bits per heavy atom. The van der Waals surface area contributed by atoms with E-state index >= 15 is 0 Å². The predicted octanol–water partition coefficient (Wildman–Crippen LogP) is 3.03. The number of nitrogens with zero attached hydrogens (tertiary/aromatic N) is 1. The molecule has 0 heterocycles. The zero-order valence-corrected chi connectivity index (χ0v) is 16.8. The van der Waals surface area contributed by atoms with Crippen LogP contribution >= 0.6 is 0 Å². The number of hydrogen-bond donors (Lipinski definition) is 1. The van der Waals surface area contributed by atoms with Crippen LogP contribution in [0.1, 0.15) is 34.3 Å². The lowest BCUT2D eigenvalue weighted by molar-refractivity contribution is 0.0992. The van der Waals surface area contributed by atoms with Crippen LogP contribution < -0.4 is 14.4 Å². The molecule has 0 radical (unpaired) electrons. The predicted molar refractivity (Wildman–Crippen MR) is 105 cm³/mol. The van der Waals surface area contributed by atoms with E-state index in [-0.39, 0.29) is 28.2 Å². The fraction of sp³-hybridized carbons (Fsp3) is 0.350. The molecule has 1 aliphatic rings. The van der Waals surface area contributed by atoms with Crippen molar-refractivity contribution >= 4 is 21.6 Å². The van der Waals surface area contributed by atoms with Crippen molar-refractivity contribution in [1.82, 2.24) is 4.72 Å². The Morgan fingerprint density at radius 1 is 1.11 bits per heavy atom. The molecule has 0 bridgehead atoms. The third-order valence-corrected chi connectivity index (χ3v) is 6.04. The van der Waals surface area contributed by atoms with Crippen molar-refractivity contribution in [2.24, 2.45) is 0 Å². The molecule has 0 saturated heterocycles. The van der Waals surface area contributed by atoms with Crippen LogP contribution in [0, 0.1) is 13.8 Å². The van der Waals surface area contributed by atoms with E-state index in [1.807, 2.05) is 32.0 Å². The van der Waals surface area contributed by atoms with E-state index < -0.39 is 10.0 Å². The first kappa shape index (κ1) is 19.4. The van der Waals surface area contributed by atoms with Gasteiger partial charge in [0.1, 0.15) is 10.6 Å². The molecule has 0 aliphatic heterocycles. The van der Waals surface area contributed by atoms with Crippen molar-refractivity contribution in [3.8, 4) is 5.75 Å². The largest absolute Gasteiger partial charge is 0.495 e. The number of hydrogen-bond acceptors (Lipinski definition) is 4. The number of carbonyl (C=O) groups excluding carboxylic acids is 1. The smallest absolute Gasteiger partial charge is 0.258 e. The van der Waals surface area contributed by atoms with Crippen molar-refractivity contribution in [2.75, 3.05) is 19.1 Å². The number of carbonyl (C=O) groups is 1. The maximum absolute atomic E-state index is 13.0. The van der Waals surface area contributed by atoms with Gasteiger partial charge in [-0.1, -0.05) is 6.07 Å². The number of benzene rings is 2. The lowest BCUT2D eigenvalue weighted by Gasteiger charge is -2.19. The Hall–Kier alpha value is -2.38. The van der Waals surface area contributed by atoms with Gasteiger partial charge in [0.2, 0.25) is 10.0 Å². The molecule has 1 saturated carbocycles. The van der Waals surface area contributed by atoms with Gasteiger partial charge in [0.05, 0.1) is 7.11 Å². The maximum atomic E-state index is 13.0. The molecular formula is C20H24N2O4S. The average molecular weight is 388 g/mol. The van der Waals surface area contributed by atoms with Gasteiger partial charge in [-0.25, -0.2) is 13.1 Å². The maximum Gasteiger partial charge on any atom is 0.258 e. The van der Waals surface area contributed by atoms with Gasteiger partial charge >= 0.3 is 0 Å². The molecule has 0 spiro atoms. The van der Waals surface area contributed by atoms with Crippen LogP contribution in [0.3, 0.4) is 0 Å². The molecule has 0 unspecified atom stereocenters. The van der Waals surface area contributed by atoms with Crippen LogP contribution in [0.4, 0.5) is 5.69 Å². The highest BCUT2D eigenvalue weighted by atomic mass is 32.2. The van der Waals surface area contributed by atoms with Gasteiger partial charge < -0.3 is 9.64 Å². The summed E-state index contributed by atoms with van der Waals surface area (Å²) in [6.07, 6.45) is 1.66. The Kier molecular flexibility index (Phi) is 5.26. The van der Waals surface area contributed by atoms with Gasteiger partial charge in [0.25, 0.3) is 5.91 Å². The van der Waals surface area contributed by atoms with E-state index in [1.54, 1.807) is 13.1 Å². The van der Waals surface area contributed by atoms with Crippen molar-refractivity contribution in [1.29, 1.82) is 0 Å². The van der Waals surface area contributed by atoms with E-state index in [9.17, 15) is 13.2 Å². The molecule has 2 aromatic rings. The summed E-state index contributed by atoms with van der Waals surface area (Å²) in [6.45, 7) is 3.94. The van der Waals surface area contributed by atoms with Crippen molar-refractivity contribution in [2.45, 2.75) is 37.6 Å². The fourth-order valence-corrected chi connectivity index (χ4v) is 4.46. The van der Waals surface area contributed by atoms with Crippen LogP contribution in [-0.4, -0.2) is 34.5 Å². The molecule has 3 rings (SSSR count). The summed E-state index contributed by atoms with van der Waals surface area (Å²) in [4.78, 5) is 14.5. The van der Waals surface area contributed by atoms with Gasteiger partial charge in [0, 0.05) is 24.3 Å². The monoisotopic (exact) mass is 388 g/mol. The minimum Gasteiger partial charge on any atom is -0.495 e. The summed E-state index contributed by atoms with van der Waals surface area (Å²) in [5, 5.41) is 0. The standard InChI is InChI=1S/C20H24N2O4S/c1-13-9-14(2)11-17(10-13)22(3)20(23)15-5-8-18(26-4)19(12-15)27(24,25)21-16-6-7-16/h5,8-12,16,21H,6-7H2,1-4H3. The van der Waals surface area contributed by atoms with Gasteiger partial charge in [0.15, 0.2) is 0 Å². The van der Waals surface area contributed by atoms with Crippen LogP contribution in [0.15, 0.2) is 41.3 Å². The van der Waals surface area contributed by atoms with Gasteiger partial charge in [-0.2, -0.15) is 0 Å². The Bertz CT molecular complexity index is 961. The SMILES string of the molecule is COc1ccc(C(=O)N(C)c2cc(C)cc(C)c2)cc1S(=O)(=O)NC1CC1. The number of anilines is 1. The zero-order valence-electron chi connectivity index (χ0n) is 15.9. The topological polar surface area (TPSA) is 75.7 Å². The van der Waals surface area contributed by atoms with Crippen molar-refractivity contribution in [3.63, 3.8) is 0 Å². The van der Waals surface area contributed by atoms with E-state index in [0.717, 1.165) is 29.7 Å². The van der Waals surface area contributed by atoms with Gasteiger partial charge in [-0.15, -0.1) is 0 Å².